The van der Waals surface area contributed by atoms with Gasteiger partial charge in [0.05, 0.1) is 7.11 Å². The first-order valence-corrected chi connectivity index (χ1v) is 5.32. The first kappa shape index (κ1) is 11.2. The average Bonchev–Trinajstić information content (AvgIpc) is 3.05. The van der Waals surface area contributed by atoms with Crippen molar-refractivity contribution >= 4 is 0 Å². The molecule has 2 rings (SSSR count). The molecule has 88 valence electrons. The number of ether oxygens (including phenoxy) is 1. The Morgan fingerprint density at radius 1 is 1.56 bits per heavy atom. The number of rotatable bonds is 3. The predicted octanol–water partition coefficient (Wildman–Crippen LogP) is 1.84. The molecule has 3 N–H and O–H groups in total. The number of benzene rings is 1. The van der Waals surface area contributed by atoms with Crippen LogP contribution in [0.2, 0.25) is 0 Å². The molecule has 0 saturated heterocycles. The summed E-state index contributed by atoms with van der Waals surface area (Å²) in [5.41, 5.74) is 6.65. The molecule has 1 aromatic rings. The highest BCUT2D eigenvalue weighted by atomic mass is 19.1. The van der Waals surface area contributed by atoms with Crippen LogP contribution in [0.3, 0.4) is 0 Å². The van der Waals surface area contributed by atoms with Crippen LogP contribution in [0.25, 0.3) is 0 Å². The lowest BCUT2D eigenvalue weighted by Crippen LogP contribution is -2.21. The average molecular weight is 225 g/mol. The third-order valence-electron chi connectivity index (χ3n) is 3.40. The van der Waals surface area contributed by atoms with Crippen molar-refractivity contribution in [1.29, 1.82) is 0 Å². The number of halogens is 1. The van der Waals surface area contributed by atoms with Crippen LogP contribution < -0.4 is 10.5 Å². The minimum absolute atomic E-state index is 0.203. The number of nitrogens with two attached hydrogens (primary N) is 1. The van der Waals surface area contributed by atoms with Crippen LogP contribution in [0.4, 0.5) is 4.39 Å². The number of phenols is 1. The molecule has 0 atom stereocenters. The molecular formula is C12H16FNO2. The summed E-state index contributed by atoms with van der Waals surface area (Å²) in [6.45, 7) is 2.20. The zero-order chi connectivity index (χ0) is 11.9. The third kappa shape index (κ3) is 1.45. The molecule has 1 fully saturated rings. The van der Waals surface area contributed by atoms with Gasteiger partial charge in [-0.2, -0.15) is 0 Å². The van der Waals surface area contributed by atoms with Gasteiger partial charge in [-0.3, -0.25) is 0 Å². The molecule has 0 aromatic heterocycles. The van der Waals surface area contributed by atoms with Gasteiger partial charge in [-0.05, 0) is 37.0 Å². The van der Waals surface area contributed by atoms with Crippen molar-refractivity contribution in [2.75, 3.05) is 13.7 Å². The molecule has 0 spiro atoms. The summed E-state index contributed by atoms with van der Waals surface area (Å²) < 4.78 is 18.9. The fourth-order valence-electron chi connectivity index (χ4n) is 2.14. The van der Waals surface area contributed by atoms with Gasteiger partial charge in [-0.15, -0.1) is 0 Å². The molecule has 16 heavy (non-hydrogen) atoms. The van der Waals surface area contributed by atoms with E-state index in [1.807, 2.05) is 0 Å². The highest BCUT2D eigenvalue weighted by Crippen LogP contribution is 2.51. The van der Waals surface area contributed by atoms with Crippen LogP contribution in [0, 0.1) is 12.7 Å². The first-order valence-electron chi connectivity index (χ1n) is 5.32. The van der Waals surface area contributed by atoms with Crippen LogP contribution in [-0.4, -0.2) is 18.8 Å². The van der Waals surface area contributed by atoms with Crippen molar-refractivity contribution in [1.82, 2.24) is 0 Å². The second kappa shape index (κ2) is 3.63. The van der Waals surface area contributed by atoms with Crippen molar-refractivity contribution in [3.05, 3.63) is 23.0 Å². The quantitative estimate of drug-likeness (QED) is 0.825. The fourth-order valence-corrected chi connectivity index (χ4v) is 2.14. The van der Waals surface area contributed by atoms with E-state index in [-0.39, 0.29) is 11.2 Å². The molecule has 4 heteroatoms. The van der Waals surface area contributed by atoms with Crippen molar-refractivity contribution in [3.8, 4) is 11.5 Å². The van der Waals surface area contributed by atoms with E-state index in [1.54, 1.807) is 13.0 Å². The second-order valence-corrected chi connectivity index (χ2v) is 4.42. The normalized spacial score (nSPS) is 17.2. The van der Waals surface area contributed by atoms with Gasteiger partial charge >= 0.3 is 0 Å². The molecule has 1 aromatic carbocycles. The van der Waals surface area contributed by atoms with Gasteiger partial charge in [0.25, 0.3) is 0 Å². The van der Waals surface area contributed by atoms with Gasteiger partial charge < -0.3 is 15.6 Å². The topological polar surface area (TPSA) is 55.5 Å². The van der Waals surface area contributed by atoms with Crippen LogP contribution >= 0.6 is 0 Å². The van der Waals surface area contributed by atoms with E-state index in [2.05, 4.69) is 0 Å². The Morgan fingerprint density at radius 3 is 2.62 bits per heavy atom. The lowest BCUT2D eigenvalue weighted by atomic mass is 9.93. The van der Waals surface area contributed by atoms with Gasteiger partial charge in [0.1, 0.15) is 0 Å². The molecular weight excluding hydrogens is 209 g/mol. The maximum absolute atomic E-state index is 14.0. The second-order valence-electron chi connectivity index (χ2n) is 4.42. The molecule has 0 amide bonds. The number of methoxy groups -OCH3 is 1. The Morgan fingerprint density at radius 2 is 2.19 bits per heavy atom. The summed E-state index contributed by atoms with van der Waals surface area (Å²) in [6.07, 6.45) is 1.76. The number of phenolic OH excluding ortho intramolecular Hbond substituents is 1. The zero-order valence-electron chi connectivity index (χ0n) is 9.51. The summed E-state index contributed by atoms with van der Waals surface area (Å²) in [4.78, 5) is 0. The van der Waals surface area contributed by atoms with Crippen molar-refractivity contribution < 1.29 is 14.2 Å². The van der Waals surface area contributed by atoms with E-state index in [0.29, 0.717) is 12.1 Å². The van der Waals surface area contributed by atoms with E-state index in [9.17, 15) is 9.50 Å². The lowest BCUT2D eigenvalue weighted by molar-refractivity contribution is 0.351. The number of aryl methyl sites for hydroxylation is 1. The van der Waals surface area contributed by atoms with Gasteiger partial charge in [0.2, 0.25) is 0 Å². The predicted molar refractivity (Wildman–Crippen MR) is 59.3 cm³/mol. The molecule has 1 aliphatic rings. The molecule has 0 unspecified atom stereocenters. The standard InChI is InChI=1S/C12H16FNO2/c1-7-5-8(12(6-14)3-4-12)9(13)10(15)11(7)16-2/h5,15H,3-4,6,14H2,1-2H3. The van der Waals surface area contributed by atoms with Crippen LogP contribution in [0.5, 0.6) is 11.5 Å². The summed E-state index contributed by atoms with van der Waals surface area (Å²) in [5, 5.41) is 9.71. The van der Waals surface area contributed by atoms with E-state index in [4.69, 9.17) is 10.5 Å². The van der Waals surface area contributed by atoms with Crippen LogP contribution in [-0.2, 0) is 5.41 Å². The SMILES string of the molecule is COc1c(C)cc(C2(CN)CC2)c(F)c1O. The highest BCUT2D eigenvalue weighted by molar-refractivity contribution is 5.52. The molecule has 1 saturated carbocycles. The maximum Gasteiger partial charge on any atom is 0.194 e. The van der Waals surface area contributed by atoms with Crippen molar-refractivity contribution in [2.45, 2.75) is 25.2 Å². The first-order chi connectivity index (χ1) is 7.55. The third-order valence-corrected chi connectivity index (χ3v) is 3.40. The molecule has 0 radical (unpaired) electrons. The zero-order valence-corrected chi connectivity index (χ0v) is 9.51. The smallest absolute Gasteiger partial charge is 0.194 e. The lowest BCUT2D eigenvalue weighted by Gasteiger charge is -2.17. The number of hydrogen-bond acceptors (Lipinski definition) is 3. The highest BCUT2D eigenvalue weighted by Gasteiger charge is 2.45. The summed E-state index contributed by atoms with van der Waals surface area (Å²) >= 11 is 0. The maximum atomic E-state index is 14.0. The Kier molecular flexibility index (Phi) is 2.54. The van der Waals surface area contributed by atoms with Crippen LogP contribution in [0.15, 0.2) is 6.07 Å². The van der Waals surface area contributed by atoms with Gasteiger partial charge in [-0.25, -0.2) is 4.39 Å². The Hall–Kier alpha value is -1.29. The summed E-state index contributed by atoms with van der Waals surface area (Å²) in [7, 11) is 1.41. The fraction of sp³-hybridized carbons (Fsp3) is 0.500. The monoisotopic (exact) mass is 225 g/mol. The molecule has 3 nitrogen and oxygen atoms in total. The Bertz CT molecular complexity index is 428. The van der Waals surface area contributed by atoms with Gasteiger partial charge in [0, 0.05) is 12.0 Å². The minimum Gasteiger partial charge on any atom is -0.502 e. The Balaban J connectivity index is 2.57. The van der Waals surface area contributed by atoms with Crippen LogP contribution in [0.1, 0.15) is 24.0 Å². The van der Waals surface area contributed by atoms with Crippen molar-refractivity contribution in [2.24, 2.45) is 5.73 Å². The summed E-state index contributed by atoms with van der Waals surface area (Å²) in [5.74, 6) is -0.795. The molecule has 0 heterocycles. The minimum atomic E-state index is -0.592. The molecule has 1 aliphatic carbocycles. The van der Waals surface area contributed by atoms with Gasteiger partial charge in [0.15, 0.2) is 17.3 Å². The molecule has 0 aliphatic heterocycles. The van der Waals surface area contributed by atoms with E-state index in [0.717, 1.165) is 18.4 Å². The van der Waals surface area contributed by atoms with Gasteiger partial charge in [-0.1, -0.05) is 0 Å². The number of hydrogen-bond donors (Lipinski definition) is 2. The Labute approximate surface area is 94.0 Å². The van der Waals surface area contributed by atoms with E-state index >= 15 is 0 Å². The molecule has 0 bridgehead atoms. The van der Waals surface area contributed by atoms with Crippen molar-refractivity contribution in [3.63, 3.8) is 0 Å². The van der Waals surface area contributed by atoms with E-state index < -0.39 is 11.6 Å². The van der Waals surface area contributed by atoms with E-state index in [1.165, 1.54) is 7.11 Å². The summed E-state index contributed by atoms with van der Waals surface area (Å²) in [6, 6.07) is 1.73. The largest absolute Gasteiger partial charge is 0.502 e. The number of aromatic hydroxyl groups is 1.